The minimum Gasteiger partial charge on any atom is -0.429 e. The minimum absolute atomic E-state index is 0.148. The van der Waals surface area contributed by atoms with Crippen molar-refractivity contribution >= 4 is 58.7 Å². The maximum atomic E-state index is 14.3. The zero-order valence-electron chi connectivity index (χ0n) is 18.1. The zero-order chi connectivity index (χ0) is 28.6. The number of nitrogens with two attached hydrogens (primary N) is 1. The van der Waals surface area contributed by atoms with Crippen molar-refractivity contribution in [1.29, 1.82) is 0 Å². The van der Waals surface area contributed by atoms with Crippen LogP contribution in [0.2, 0.25) is 0 Å². The van der Waals surface area contributed by atoms with Gasteiger partial charge in [-0.2, -0.15) is 8.78 Å². The Labute approximate surface area is 221 Å². The number of esters is 2. The summed E-state index contributed by atoms with van der Waals surface area (Å²) in [6.45, 7) is 0. The summed E-state index contributed by atoms with van der Waals surface area (Å²) in [7, 11) is 0. The van der Waals surface area contributed by atoms with Crippen LogP contribution in [0.1, 0.15) is 20.7 Å². The number of aliphatic hydroxyl groups excluding tert-OH is 2. The normalized spacial score (nSPS) is 15.9. The minimum atomic E-state index is -5.03. The van der Waals surface area contributed by atoms with Crippen LogP contribution in [0, 0.1) is 0 Å². The second-order valence-corrected chi connectivity index (χ2v) is 9.10. The van der Waals surface area contributed by atoms with Crippen LogP contribution in [0.5, 0.6) is 0 Å². The molecule has 16 heteroatoms. The number of primary amides is 1. The quantitative estimate of drug-likeness (QED) is 0.129. The first kappa shape index (κ1) is 32.1. The second-order valence-electron chi connectivity index (χ2n) is 6.82. The summed E-state index contributed by atoms with van der Waals surface area (Å²) >= 11 is 14.8. The SMILES string of the molecule is NC(=O)C(Cl)(Cl)Cl.O=C(OC(O)[C@@H](O)[C@](O)(OC(=O)c1ccccc1)[C@](O)(F)C(=O)F)c1ccccc1. The fraction of sp³-hybridized carbons (Fsp3) is 0.238. The van der Waals surface area contributed by atoms with Crippen molar-refractivity contribution in [2.24, 2.45) is 5.73 Å². The van der Waals surface area contributed by atoms with Crippen molar-refractivity contribution in [2.75, 3.05) is 0 Å². The van der Waals surface area contributed by atoms with Crippen molar-refractivity contribution in [3.63, 3.8) is 0 Å². The highest BCUT2D eigenvalue weighted by atomic mass is 35.6. The number of aliphatic hydroxyl groups is 4. The average Bonchev–Trinajstić information content (AvgIpc) is 2.83. The lowest BCUT2D eigenvalue weighted by atomic mass is 10.00. The molecule has 0 fully saturated rings. The molecule has 2 aromatic rings. The van der Waals surface area contributed by atoms with Gasteiger partial charge in [0.05, 0.1) is 11.1 Å². The van der Waals surface area contributed by atoms with E-state index < -0.39 is 51.7 Å². The third-order valence-electron chi connectivity index (χ3n) is 4.18. The Morgan fingerprint density at radius 1 is 0.838 bits per heavy atom. The molecule has 6 N–H and O–H groups in total. The number of rotatable bonds is 8. The van der Waals surface area contributed by atoms with E-state index in [-0.39, 0.29) is 11.1 Å². The lowest BCUT2D eigenvalue weighted by Gasteiger charge is -2.38. The number of halogens is 5. The first-order chi connectivity index (χ1) is 16.9. The van der Waals surface area contributed by atoms with E-state index in [1.165, 1.54) is 42.5 Å². The lowest BCUT2D eigenvalue weighted by molar-refractivity contribution is -0.363. The number of amides is 1. The van der Waals surface area contributed by atoms with Crippen LogP contribution in [0.15, 0.2) is 60.7 Å². The van der Waals surface area contributed by atoms with E-state index in [1.807, 2.05) is 0 Å². The molecule has 0 bridgehead atoms. The van der Waals surface area contributed by atoms with E-state index in [0.29, 0.717) is 0 Å². The van der Waals surface area contributed by atoms with Crippen LogP contribution < -0.4 is 5.73 Å². The van der Waals surface area contributed by atoms with Crippen LogP contribution >= 0.6 is 34.8 Å². The first-order valence-corrected chi connectivity index (χ1v) is 10.7. The molecule has 1 unspecified atom stereocenters. The molecule has 0 heterocycles. The van der Waals surface area contributed by atoms with Crippen LogP contribution in [-0.4, -0.2) is 72.1 Å². The summed E-state index contributed by atoms with van der Waals surface area (Å²) in [6.07, 6.45) is -6.08. The standard InChI is InChI=1S/C19H16F2O9.C2H2Cl3NO/c20-17(26)18(21,27)19(28,30-15(24)12-9-5-2-6-10-12)13(22)16(25)29-14(23)11-7-3-1-4-8-11;3-2(4,5)1(6)7/h1-10,13,16,22,25,27-28H;(H2,6,7)/t13-,16?,18+,19+;/m1./s1. The lowest BCUT2D eigenvalue weighted by Crippen LogP contribution is -2.67. The van der Waals surface area contributed by atoms with Crippen LogP contribution in [0.4, 0.5) is 8.78 Å². The molecule has 37 heavy (non-hydrogen) atoms. The van der Waals surface area contributed by atoms with Crippen molar-refractivity contribution in [2.45, 2.75) is 27.8 Å². The molecule has 0 aliphatic carbocycles. The molecule has 202 valence electrons. The van der Waals surface area contributed by atoms with E-state index in [4.69, 9.17) is 34.8 Å². The molecule has 0 aromatic heterocycles. The molecule has 0 aliphatic rings. The van der Waals surface area contributed by atoms with Gasteiger partial charge >= 0.3 is 29.6 Å². The van der Waals surface area contributed by atoms with Gasteiger partial charge in [-0.15, -0.1) is 0 Å². The Bertz CT molecular complexity index is 1100. The van der Waals surface area contributed by atoms with Gasteiger partial charge in [-0.05, 0) is 24.3 Å². The Morgan fingerprint density at radius 3 is 1.57 bits per heavy atom. The maximum absolute atomic E-state index is 14.3. The fourth-order valence-electron chi connectivity index (χ4n) is 2.25. The number of ether oxygens (including phenoxy) is 2. The summed E-state index contributed by atoms with van der Waals surface area (Å²) in [6, 6.07) is 9.92. The summed E-state index contributed by atoms with van der Waals surface area (Å²) in [5.74, 6) is -13.3. The Kier molecular flexibility index (Phi) is 11.3. The van der Waals surface area contributed by atoms with E-state index in [2.05, 4.69) is 15.2 Å². The molecule has 0 spiro atoms. The third kappa shape index (κ3) is 8.57. The van der Waals surface area contributed by atoms with Crippen molar-refractivity contribution in [3.8, 4) is 0 Å². The van der Waals surface area contributed by atoms with E-state index in [0.717, 1.165) is 12.1 Å². The number of alkyl halides is 4. The van der Waals surface area contributed by atoms with Crippen LogP contribution in [0.25, 0.3) is 0 Å². The third-order valence-corrected chi connectivity index (χ3v) is 4.74. The topological polar surface area (TPSA) is 194 Å². The van der Waals surface area contributed by atoms with Gasteiger partial charge in [-0.1, -0.05) is 71.2 Å². The highest BCUT2D eigenvalue weighted by Crippen LogP contribution is 2.33. The predicted molar refractivity (Wildman–Crippen MR) is 122 cm³/mol. The molecule has 0 saturated carbocycles. The number of benzene rings is 2. The number of hydrogen-bond donors (Lipinski definition) is 5. The summed E-state index contributed by atoms with van der Waals surface area (Å²) in [4.78, 5) is 44.7. The average molecular weight is 589 g/mol. The molecule has 4 atom stereocenters. The molecule has 1 amide bonds. The summed E-state index contributed by atoms with van der Waals surface area (Å²) in [5.41, 5.74) is 4.03. The molecule has 11 nitrogen and oxygen atoms in total. The zero-order valence-corrected chi connectivity index (χ0v) is 20.4. The second kappa shape index (κ2) is 13.1. The first-order valence-electron chi connectivity index (χ1n) is 9.56. The van der Waals surface area contributed by atoms with E-state index in [9.17, 15) is 48.4 Å². The fourth-order valence-corrected chi connectivity index (χ4v) is 2.25. The van der Waals surface area contributed by atoms with Crippen molar-refractivity contribution in [1.82, 2.24) is 0 Å². The number of carbonyl (C=O) groups excluding carboxylic acids is 4. The molecule has 0 saturated heterocycles. The van der Waals surface area contributed by atoms with Gasteiger partial charge in [-0.25, -0.2) is 9.59 Å². The Hall–Kier alpha value is -2.91. The maximum Gasteiger partial charge on any atom is 0.372 e. The Morgan fingerprint density at radius 2 is 1.22 bits per heavy atom. The summed E-state index contributed by atoms with van der Waals surface area (Å²) in [5, 5.41) is 39.6. The molecular formula is C21H18Cl3F2NO10. The van der Waals surface area contributed by atoms with Gasteiger partial charge in [0.1, 0.15) is 0 Å². The molecule has 0 aliphatic heterocycles. The highest BCUT2D eigenvalue weighted by Gasteiger charge is 2.67. The number of hydrogen-bond acceptors (Lipinski definition) is 10. The van der Waals surface area contributed by atoms with Gasteiger partial charge < -0.3 is 35.6 Å². The van der Waals surface area contributed by atoms with Crippen molar-refractivity contribution in [3.05, 3.63) is 71.8 Å². The van der Waals surface area contributed by atoms with E-state index in [1.54, 1.807) is 6.07 Å². The van der Waals surface area contributed by atoms with E-state index >= 15 is 0 Å². The van der Waals surface area contributed by atoms with Gasteiger partial charge in [-0.3, -0.25) is 9.59 Å². The molecule has 2 rings (SSSR count). The molecule has 0 radical (unpaired) electrons. The smallest absolute Gasteiger partial charge is 0.372 e. The number of carbonyl (C=O) groups is 4. The summed E-state index contributed by atoms with van der Waals surface area (Å²) < 4.78 is 34.1. The largest absolute Gasteiger partial charge is 0.429 e. The van der Waals surface area contributed by atoms with Crippen LogP contribution in [0.3, 0.4) is 0 Å². The Balaban J connectivity index is 0.000000856. The van der Waals surface area contributed by atoms with Gasteiger partial charge in [0.2, 0.25) is 6.29 Å². The predicted octanol–water partition coefficient (Wildman–Crippen LogP) is 1.06. The van der Waals surface area contributed by atoms with Gasteiger partial charge in [0.15, 0.2) is 6.10 Å². The van der Waals surface area contributed by atoms with Gasteiger partial charge in [0.25, 0.3) is 9.70 Å². The molecular weight excluding hydrogens is 571 g/mol. The monoisotopic (exact) mass is 587 g/mol. The van der Waals surface area contributed by atoms with Gasteiger partial charge in [0, 0.05) is 0 Å². The van der Waals surface area contributed by atoms with Crippen LogP contribution in [-0.2, 0) is 19.1 Å². The van der Waals surface area contributed by atoms with Crippen molar-refractivity contribution < 1.29 is 57.9 Å². The molecule has 2 aromatic carbocycles. The highest BCUT2D eigenvalue weighted by molar-refractivity contribution is 6.76.